The Bertz CT molecular complexity index is 563. The van der Waals surface area contributed by atoms with Crippen LogP contribution in [0.3, 0.4) is 0 Å². The van der Waals surface area contributed by atoms with Gasteiger partial charge in [0.15, 0.2) is 17.6 Å². The molecule has 0 saturated carbocycles. The number of carbonyl (C=O) groups excluding carboxylic acids is 1. The number of ether oxygens (including phenoxy) is 2. The highest BCUT2D eigenvalue weighted by Crippen LogP contribution is 2.27. The molecule has 1 unspecified atom stereocenters. The summed E-state index contributed by atoms with van der Waals surface area (Å²) in [5, 5.41) is 0. The first-order valence-corrected chi connectivity index (χ1v) is 6.70. The van der Waals surface area contributed by atoms with Crippen LogP contribution in [0.5, 0.6) is 11.5 Å². The van der Waals surface area contributed by atoms with E-state index in [9.17, 15) is 4.79 Å². The van der Waals surface area contributed by atoms with Gasteiger partial charge in [0.05, 0.1) is 6.61 Å². The molecule has 104 valence electrons. The second-order valence-electron chi connectivity index (χ2n) is 4.37. The summed E-state index contributed by atoms with van der Waals surface area (Å²) in [6.07, 6.45) is -0.556. The Hall–Kier alpha value is -2.29. The van der Waals surface area contributed by atoms with E-state index in [0.29, 0.717) is 23.7 Å². The predicted molar refractivity (Wildman–Crippen MR) is 78.5 cm³/mol. The van der Waals surface area contributed by atoms with Crippen LogP contribution >= 0.6 is 0 Å². The molecule has 3 nitrogen and oxygen atoms in total. The Kier molecular flexibility index (Phi) is 4.77. The van der Waals surface area contributed by atoms with Crippen LogP contribution in [0.15, 0.2) is 54.6 Å². The summed E-state index contributed by atoms with van der Waals surface area (Å²) in [7, 11) is 0. The van der Waals surface area contributed by atoms with E-state index in [2.05, 4.69) is 0 Å². The first-order valence-electron chi connectivity index (χ1n) is 6.70. The normalized spacial score (nSPS) is 11.7. The molecule has 0 amide bonds. The highest BCUT2D eigenvalue weighted by Gasteiger charge is 2.18. The first kappa shape index (κ1) is 14.1. The average Bonchev–Trinajstić information content (AvgIpc) is 2.49. The fourth-order valence-corrected chi connectivity index (χ4v) is 1.90. The van der Waals surface area contributed by atoms with E-state index in [1.807, 2.05) is 43.3 Å². The third kappa shape index (κ3) is 3.38. The molecule has 0 aliphatic rings. The molecule has 3 heteroatoms. The SMILES string of the molecule is CCOc1ccccc1OC(C)C(=O)c1ccccc1. The molecule has 2 aromatic rings. The molecule has 0 spiro atoms. The monoisotopic (exact) mass is 270 g/mol. The maximum Gasteiger partial charge on any atom is 0.202 e. The minimum absolute atomic E-state index is 0.0445. The summed E-state index contributed by atoms with van der Waals surface area (Å²) in [5.74, 6) is 1.20. The Labute approximate surface area is 119 Å². The number of carbonyl (C=O) groups is 1. The third-order valence-corrected chi connectivity index (χ3v) is 2.88. The highest BCUT2D eigenvalue weighted by atomic mass is 16.5. The molecule has 0 fully saturated rings. The van der Waals surface area contributed by atoms with E-state index in [-0.39, 0.29) is 5.78 Å². The minimum atomic E-state index is -0.556. The number of para-hydroxylation sites is 2. The molecular formula is C17H18O3. The standard InChI is InChI=1S/C17H18O3/c1-3-19-15-11-7-8-12-16(15)20-13(2)17(18)14-9-5-4-6-10-14/h4-13H,3H2,1-2H3. The molecule has 1 atom stereocenters. The van der Waals surface area contributed by atoms with Gasteiger partial charge in [-0.1, -0.05) is 42.5 Å². The lowest BCUT2D eigenvalue weighted by atomic mass is 10.1. The smallest absolute Gasteiger partial charge is 0.202 e. The largest absolute Gasteiger partial charge is 0.490 e. The summed E-state index contributed by atoms with van der Waals surface area (Å²) in [6.45, 7) is 4.22. The summed E-state index contributed by atoms with van der Waals surface area (Å²) in [6, 6.07) is 16.5. The molecule has 0 radical (unpaired) electrons. The lowest BCUT2D eigenvalue weighted by molar-refractivity contribution is 0.0813. The lowest BCUT2D eigenvalue weighted by Crippen LogP contribution is -2.24. The molecule has 2 rings (SSSR count). The molecule has 0 saturated heterocycles. The van der Waals surface area contributed by atoms with Gasteiger partial charge in [-0.2, -0.15) is 0 Å². The van der Waals surface area contributed by atoms with Gasteiger partial charge in [0.2, 0.25) is 5.78 Å². The van der Waals surface area contributed by atoms with Crippen LogP contribution in [0.2, 0.25) is 0 Å². The van der Waals surface area contributed by atoms with Crippen molar-refractivity contribution in [1.29, 1.82) is 0 Å². The van der Waals surface area contributed by atoms with Gasteiger partial charge in [-0.05, 0) is 26.0 Å². The topological polar surface area (TPSA) is 35.5 Å². The van der Waals surface area contributed by atoms with E-state index in [0.717, 1.165) is 0 Å². The van der Waals surface area contributed by atoms with Gasteiger partial charge in [0.25, 0.3) is 0 Å². The molecule has 0 aliphatic heterocycles. The van der Waals surface area contributed by atoms with Gasteiger partial charge in [0.1, 0.15) is 0 Å². The van der Waals surface area contributed by atoms with Crippen molar-refractivity contribution in [3.63, 3.8) is 0 Å². The molecule has 0 aliphatic carbocycles. The van der Waals surface area contributed by atoms with E-state index in [1.54, 1.807) is 25.1 Å². The van der Waals surface area contributed by atoms with Crippen molar-refractivity contribution in [2.45, 2.75) is 20.0 Å². The summed E-state index contributed by atoms with van der Waals surface area (Å²) >= 11 is 0. The van der Waals surface area contributed by atoms with E-state index >= 15 is 0 Å². The molecule has 2 aromatic carbocycles. The molecule has 0 bridgehead atoms. The van der Waals surface area contributed by atoms with Gasteiger partial charge in [-0.3, -0.25) is 4.79 Å². The van der Waals surface area contributed by atoms with Crippen LogP contribution in [-0.4, -0.2) is 18.5 Å². The van der Waals surface area contributed by atoms with Crippen LogP contribution in [-0.2, 0) is 0 Å². The van der Waals surface area contributed by atoms with E-state index < -0.39 is 6.10 Å². The van der Waals surface area contributed by atoms with Crippen LogP contribution in [0, 0.1) is 0 Å². The quantitative estimate of drug-likeness (QED) is 0.750. The number of ketones is 1. The van der Waals surface area contributed by atoms with Crippen LogP contribution in [0.25, 0.3) is 0 Å². The second-order valence-corrected chi connectivity index (χ2v) is 4.37. The molecule has 0 heterocycles. The number of benzene rings is 2. The summed E-state index contributed by atoms with van der Waals surface area (Å²) in [5.41, 5.74) is 0.647. The van der Waals surface area contributed by atoms with Crippen molar-refractivity contribution in [2.24, 2.45) is 0 Å². The Morgan fingerprint density at radius 1 is 1.00 bits per heavy atom. The number of Topliss-reactive ketones (excluding diaryl/α,β-unsaturated/α-hetero) is 1. The zero-order valence-electron chi connectivity index (χ0n) is 11.7. The van der Waals surface area contributed by atoms with Gasteiger partial charge in [-0.15, -0.1) is 0 Å². The average molecular weight is 270 g/mol. The van der Waals surface area contributed by atoms with Crippen molar-refractivity contribution < 1.29 is 14.3 Å². The van der Waals surface area contributed by atoms with Crippen LogP contribution in [0.1, 0.15) is 24.2 Å². The first-order chi connectivity index (χ1) is 9.72. The third-order valence-electron chi connectivity index (χ3n) is 2.88. The zero-order valence-corrected chi connectivity index (χ0v) is 11.7. The van der Waals surface area contributed by atoms with Crippen molar-refractivity contribution in [1.82, 2.24) is 0 Å². The Morgan fingerprint density at radius 2 is 1.60 bits per heavy atom. The lowest BCUT2D eigenvalue weighted by Gasteiger charge is -2.16. The number of rotatable bonds is 6. The fraction of sp³-hybridized carbons (Fsp3) is 0.235. The fourth-order valence-electron chi connectivity index (χ4n) is 1.90. The maximum atomic E-state index is 12.3. The highest BCUT2D eigenvalue weighted by molar-refractivity contribution is 5.99. The maximum absolute atomic E-state index is 12.3. The van der Waals surface area contributed by atoms with Gasteiger partial charge < -0.3 is 9.47 Å². The van der Waals surface area contributed by atoms with Crippen LogP contribution in [0.4, 0.5) is 0 Å². The molecule has 0 N–H and O–H groups in total. The van der Waals surface area contributed by atoms with Gasteiger partial charge >= 0.3 is 0 Å². The molecule has 0 aromatic heterocycles. The van der Waals surface area contributed by atoms with Crippen molar-refractivity contribution in [3.8, 4) is 11.5 Å². The Morgan fingerprint density at radius 3 is 2.25 bits per heavy atom. The summed E-state index contributed by atoms with van der Waals surface area (Å²) < 4.78 is 11.2. The van der Waals surface area contributed by atoms with Gasteiger partial charge in [-0.25, -0.2) is 0 Å². The minimum Gasteiger partial charge on any atom is -0.490 e. The molecule has 20 heavy (non-hydrogen) atoms. The number of hydrogen-bond acceptors (Lipinski definition) is 3. The van der Waals surface area contributed by atoms with Crippen molar-refractivity contribution >= 4 is 5.78 Å². The van der Waals surface area contributed by atoms with Crippen molar-refractivity contribution in [2.75, 3.05) is 6.61 Å². The Balaban J connectivity index is 2.12. The summed E-state index contributed by atoms with van der Waals surface area (Å²) in [4.78, 5) is 12.3. The van der Waals surface area contributed by atoms with Crippen molar-refractivity contribution in [3.05, 3.63) is 60.2 Å². The second kappa shape index (κ2) is 6.75. The molecular weight excluding hydrogens is 252 g/mol. The van der Waals surface area contributed by atoms with Crippen LogP contribution < -0.4 is 9.47 Å². The van der Waals surface area contributed by atoms with E-state index in [4.69, 9.17) is 9.47 Å². The number of hydrogen-bond donors (Lipinski definition) is 0. The predicted octanol–water partition coefficient (Wildman–Crippen LogP) is 3.74. The zero-order chi connectivity index (χ0) is 14.4. The van der Waals surface area contributed by atoms with E-state index in [1.165, 1.54) is 0 Å². The van der Waals surface area contributed by atoms with Gasteiger partial charge in [0, 0.05) is 5.56 Å².